The molecule has 0 bridgehead atoms. The number of anilines is 1. The summed E-state index contributed by atoms with van der Waals surface area (Å²) >= 11 is 0. The Morgan fingerprint density at radius 3 is 2.89 bits per heavy atom. The van der Waals surface area contributed by atoms with Crippen LogP contribution in [0.2, 0.25) is 0 Å². The Labute approximate surface area is 158 Å². The quantitative estimate of drug-likeness (QED) is 0.842. The largest absolute Gasteiger partial charge is 0.496 e. The van der Waals surface area contributed by atoms with Crippen LogP contribution in [0.4, 0.5) is 5.69 Å². The highest BCUT2D eigenvalue weighted by molar-refractivity contribution is 5.92. The number of hydrogen-bond donors (Lipinski definition) is 1. The molecule has 1 aliphatic rings. The van der Waals surface area contributed by atoms with Crippen molar-refractivity contribution in [2.24, 2.45) is 5.92 Å². The molecule has 7 heteroatoms. The molecule has 1 atom stereocenters. The average Bonchev–Trinajstić information content (AvgIpc) is 3.32. The van der Waals surface area contributed by atoms with E-state index in [2.05, 4.69) is 10.3 Å². The van der Waals surface area contributed by atoms with Gasteiger partial charge in [0.2, 0.25) is 11.8 Å². The van der Waals surface area contributed by atoms with Crippen molar-refractivity contribution in [2.45, 2.75) is 39.2 Å². The molecule has 2 amide bonds. The molecule has 144 valence electrons. The zero-order valence-corrected chi connectivity index (χ0v) is 15.9. The Morgan fingerprint density at radius 1 is 1.41 bits per heavy atom. The van der Waals surface area contributed by atoms with Crippen LogP contribution in [0.1, 0.15) is 33.1 Å². The first kappa shape index (κ1) is 18.9. The van der Waals surface area contributed by atoms with E-state index in [1.807, 2.05) is 24.8 Å². The molecule has 1 N–H and O–H groups in total. The number of benzene rings is 1. The number of rotatable bonds is 6. The molecule has 0 unspecified atom stereocenters. The van der Waals surface area contributed by atoms with Crippen LogP contribution in [0.25, 0.3) is 11.3 Å². The number of nitrogens with zero attached hydrogens (tertiary/aromatic N) is 2. The van der Waals surface area contributed by atoms with E-state index >= 15 is 0 Å². The van der Waals surface area contributed by atoms with Gasteiger partial charge in [-0.2, -0.15) is 0 Å². The van der Waals surface area contributed by atoms with Crippen molar-refractivity contribution in [3.63, 3.8) is 0 Å². The average molecular weight is 371 g/mol. The maximum Gasteiger partial charge on any atom is 0.226 e. The molecule has 1 aromatic heterocycles. The summed E-state index contributed by atoms with van der Waals surface area (Å²) in [5, 5.41) is 2.90. The van der Waals surface area contributed by atoms with E-state index < -0.39 is 0 Å². The van der Waals surface area contributed by atoms with Gasteiger partial charge in [0.25, 0.3) is 0 Å². The molecule has 2 heterocycles. The summed E-state index contributed by atoms with van der Waals surface area (Å²) in [5.41, 5.74) is 1.40. The second-order valence-corrected chi connectivity index (χ2v) is 7.02. The van der Waals surface area contributed by atoms with Gasteiger partial charge in [0.1, 0.15) is 5.75 Å². The molecule has 1 fully saturated rings. The second kappa shape index (κ2) is 8.24. The third-order valence-corrected chi connectivity index (χ3v) is 4.76. The third kappa shape index (κ3) is 4.30. The minimum absolute atomic E-state index is 0.0322. The van der Waals surface area contributed by atoms with Crippen LogP contribution >= 0.6 is 0 Å². The second-order valence-electron chi connectivity index (χ2n) is 7.02. The lowest BCUT2D eigenvalue weighted by molar-refractivity contribution is -0.135. The minimum Gasteiger partial charge on any atom is -0.496 e. The van der Waals surface area contributed by atoms with Gasteiger partial charge in [-0.1, -0.05) is 13.8 Å². The lowest BCUT2D eigenvalue weighted by Gasteiger charge is -2.26. The van der Waals surface area contributed by atoms with Gasteiger partial charge < -0.3 is 19.4 Å². The van der Waals surface area contributed by atoms with Crippen LogP contribution in [0.5, 0.6) is 5.75 Å². The van der Waals surface area contributed by atoms with Gasteiger partial charge in [-0.05, 0) is 25.0 Å². The summed E-state index contributed by atoms with van der Waals surface area (Å²) in [6.07, 6.45) is 5.06. The highest BCUT2D eigenvalue weighted by atomic mass is 16.5. The van der Waals surface area contributed by atoms with Gasteiger partial charge in [-0.25, -0.2) is 4.98 Å². The van der Waals surface area contributed by atoms with Crippen LogP contribution in [0.15, 0.2) is 35.2 Å². The summed E-state index contributed by atoms with van der Waals surface area (Å²) in [5.74, 6) is 1.13. The molecule has 0 aliphatic carbocycles. The van der Waals surface area contributed by atoms with Crippen molar-refractivity contribution in [2.75, 3.05) is 19.0 Å². The molecule has 2 aromatic rings. The first-order chi connectivity index (χ1) is 13.0. The third-order valence-electron chi connectivity index (χ3n) is 4.76. The van der Waals surface area contributed by atoms with Crippen LogP contribution in [-0.2, 0) is 9.59 Å². The van der Waals surface area contributed by atoms with Gasteiger partial charge >= 0.3 is 0 Å². The summed E-state index contributed by atoms with van der Waals surface area (Å²) in [7, 11) is 1.56. The van der Waals surface area contributed by atoms with Crippen molar-refractivity contribution in [1.82, 2.24) is 9.88 Å². The predicted octanol–water partition coefficient (Wildman–Crippen LogP) is 3.33. The fraction of sp³-hybridized carbons (Fsp3) is 0.450. The van der Waals surface area contributed by atoms with Crippen LogP contribution in [-0.4, -0.2) is 41.4 Å². The van der Waals surface area contributed by atoms with Crippen molar-refractivity contribution < 1.29 is 18.7 Å². The first-order valence-corrected chi connectivity index (χ1v) is 9.17. The number of ether oxygens (including phenoxy) is 1. The van der Waals surface area contributed by atoms with E-state index in [1.54, 1.807) is 25.4 Å². The van der Waals surface area contributed by atoms with Gasteiger partial charge in [0, 0.05) is 36.7 Å². The van der Waals surface area contributed by atoms with E-state index in [-0.39, 0.29) is 23.8 Å². The SMILES string of the molecule is COc1cc(NC(=O)C[C@@H]2CCCN2C(=O)C(C)C)ccc1-c1cnco1. The molecule has 7 nitrogen and oxygen atoms in total. The van der Waals surface area contributed by atoms with E-state index in [0.29, 0.717) is 23.6 Å². The molecule has 0 spiro atoms. The van der Waals surface area contributed by atoms with E-state index in [1.165, 1.54) is 6.39 Å². The van der Waals surface area contributed by atoms with E-state index in [4.69, 9.17) is 9.15 Å². The molecule has 0 saturated carbocycles. The molecule has 1 aliphatic heterocycles. The number of oxazole rings is 1. The lowest BCUT2D eigenvalue weighted by Crippen LogP contribution is -2.40. The molecular formula is C20H25N3O4. The normalized spacial score (nSPS) is 16.6. The van der Waals surface area contributed by atoms with Crippen molar-refractivity contribution in [3.8, 4) is 17.1 Å². The van der Waals surface area contributed by atoms with Crippen molar-refractivity contribution >= 4 is 17.5 Å². The Bertz CT molecular complexity index is 802. The minimum atomic E-state index is -0.113. The maximum absolute atomic E-state index is 12.5. The lowest BCUT2D eigenvalue weighted by atomic mass is 10.1. The molecule has 27 heavy (non-hydrogen) atoms. The van der Waals surface area contributed by atoms with Crippen LogP contribution < -0.4 is 10.1 Å². The molecule has 0 radical (unpaired) electrons. The summed E-state index contributed by atoms with van der Waals surface area (Å²) < 4.78 is 10.7. The highest BCUT2D eigenvalue weighted by Crippen LogP contribution is 2.32. The fourth-order valence-corrected chi connectivity index (χ4v) is 3.42. The van der Waals surface area contributed by atoms with Crippen LogP contribution in [0, 0.1) is 5.92 Å². The topological polar surface area (TPSA) is 84.7 Å². The van der Waals surface area contributed by atoms with Gasteiger partial charge in [-0.3, -0.25) is 9.59 Å². The van der Waals surface area contributed by atoms with Gasteiger partial charge in [0.15, 0.2) is 12.2 Å². The van der Waals surface area contributed by atoms with Crippen molar-refractivity contribution in [1.29, 1.82) is 0 Å². The van der Waals surface area contributed by atoms with Gasteiger partial charge in [-0.15, -0.1) is 0 Å². The summed E-state index contributed by atoms with van der Waals surface area (Å²) in [6.45, 7) is 4.51. The van der Waals surface area contributed by atoms with E-state index in [9.17, 15) is 9.59 Å². The van der Waals surface area contributed by atoms with Gasteiger partial charge in [0.05, 0.1) is 18.9 Å². The highest BCUT2D eigenvalue weighted by Gasteiger charge is 2.31. The standard InChI is InChI=1S/C20H25N3O4/c1-13(2)20(25)23-8-4-5-15(23)10-19(24)22-14-6-7-16(17(9-14)26-3)18-11-21-12-27-18/h6-7,9,11-13,15H,4-5,8,10H2,1-3H3,(H,22,24)/t15-/m0/s1. The predicted molar refractivity (Wildman–Crippen MR) is 101 cm³/mol. The number of amides is 2. The monoisotopic (exact) mass is 371 g/mol. The molecular weight excluding hydrogens is 346 g/mol. The molecule has 3 rings (SSSR count). The molecule has 1 saturated heterocycles. The molecule has 1 aromatic carbocycles. The zero-order chi connectivity index (χ0) is 19.4. The zero-order valence-electron chi connectivity index (χ0n) is 15.9. The Hall–Kier alpha value is -2.83. The Morgan fingerprint density at radius 2 is 2.22 bits per heavy atom. The number of methoxy groups -OCH3 is 1. The first-order valence-electron chi connectivity index (χ1n) is 9.17. The number of aromatic nitrogens is 1. The van der Waals surface area contributed by atoms with Crippen LogP contribution in [0.3, 0.4) is 0 Å². The summed E-state index contributed by atoms with van der Waals surface area (Å²) in [4.78, 5) is 30.6. The Kier molecular flexibility index (Phi) is 5.78. The number of likely N-dealkylation sites (tertiary alicyclic amines) is 1. The maximum atomic E-state index is 12.5. The Balaban J connectivity index is 1.66. The number of hydrogen-bond acceptors (Lipinski definition) is 5. The van der Waals surface area contributed by atoms with E-state index in [0.717, 1.165) is 24.9 Å². The number of carbonyl (C=O) groups excluding carboxylic acids is 2. The van der Waals surface area contributed by atoms with Crippen molar-refractivity contribution in [3.05, 3.63) is 30.8 Å². The number of carbonyl (C=O) groups is 2. The smallest absolute Gasteiger partial charge is 0.226 e. The fourth-order valence-electron chi connectivity index (χ4n) is 3.42. The summed E-state index contributed by atoms with van der Waals surface area (Å²) in [6, 6.07) is 5.33. The number of nitrogens with one attached hydrogen (secondary N) is 1.